The van der Waals surface area contributed by atoms with E-state index in [4.69, 9.17) is 0 Å². The summed E-state index contributed by atoms with van der Waals surface area (Å²) in [5.74, 6) is 0.834. The molecule has 1 amide bonds. The van der Waals surface area contributed by atoms with E-state index in [1.165, 1.54) is 0 Å². The maximum absolute atomic E-state index is 12.8. The molecule has 1 saturated heterocycles. The molecule has 0 unspecified atom stereocenters. The summed E-state index contributed by atoms with van der Waals surface area (Å²) in [6, 6.07) is 13.3. The number of likely N-dealkylation sites (N-methyl/N-ethyl adjacent to an activating group) is 1. The molecule has 3 aromatic rings. The minimum Gasteiger partial charge on any atom is -0.347 e. The van der Waals surface area contributed by atoms with Crippen molar-refractivity contribution in [2.24, 2.45) is 0 Å². The Balaban J connectivity index is 1.60. The van der Waals surface area contributed by atoms with Gasteiger partial charge in [-0.1, -0.05) is 18.2 Å². The molecule has 0 radical (unpaired) electrons. The number of carbonyl (C=O) groups is 1. The number of pyridine rings is 1. The van der Waals surface area contributed by atoms with Crippen molar-refractivity contribution >= 4 is 28.6 Å². The summed E-state index contributed by atoms with van der Waals surface area (Å²) in [7, 11) is 1.90. The van der Waals surface area contributed by atoms with Gasteiger partial charge in [0.15, 0.2) is 5.65 Å². The monoisotopic (exact) mass is 319 g/mol. The van der Waals surface area contributed by atoms with Crippen molar-refractivity contribution in [2.75, 3.05) is 23.4 Å². The number of nitrogens with zero attached hydrogens (tertiary/aromatic N) is 5. The predicted molar refractivity (Wildman–Crippen MR) is 92.9 cm³/mol. The third kappa shape index (κ3) is 2.46. The third-order valence-corrected chi connectivity index (χ3v) is 4.39. The first-order valence-corrected chi connectivity index (χ1v) is 7.91. The molecule has 1 aromatic carbocycles. The fourth-order valence-electron chi connectivity index (χ4n) is 3.09. The minimum absolute atomic E-state index is 0.102. The molecular weight excluding hydrogens is 302 g/mol. The van der Waals surface area contributed by atoms with E-state index in [0.29, 0.717) is 12.2 Å². The molecule has 1 aliphatic heterocycles. The molecule has 0 aliphatic carbocycles. The van der Waals surface area contributed by atoms with Crippen LogP contribution in [0.2, 0.25) is 0 Å². The highest BCUT2D eigenvalue weighted by Crippen LogP contribution is 2.26. The second-order valence-electron chi connectivity index (χ2n) is 5.81. The fourth-order valence-corrected chi connectivity index (χ4v) is 3.09. The van der Waals surface area contributed by atoms with Gasteiger partial charge in [-0.05, 0) is 30.7 Å². The topological polar surface area (TPSA) is 62.2 Å². The van der Waals surface area contributed by atoms with Crippen molar-refractivity contribution in [1.82, 2.24) is 15.0 Å². The van der Waals surface area contributed by atoms with E-state index in [1.54, 1.807) is 12.4 Å². The van der Waals surface area contributed by atoms with Gasteiger partial charge in [-0.25, -0.2) is 9.97 Å². The fraction of sp³-hybridized carbons (Fsp3) is 0.222. The quantitative estimate of drug-likeness (QED) is 0.741. The first kappa shape index (κ1) is 14.6. The van der Waals surface area contributed by atoms with Gasteiger partial charge < -0.3 is 9.80 Å². The molecule has 6 nitrogen and oxygen atoms in total. The normalized spacial score (nSPS) is 17.5. The summed E-state index contributed by atoms with van der Waals surface area (Å²) in [6.07, 6.45) is 4.03. The number of para-hydroxylation sites is 1. The van der Waals surface area contributed by atoms with Crippen LogP contribution in [-0.2, 0) is 4.79 Å². The van der Waals surface area contributed by atoms with Crippen LogP contribution in [0, 0.1) is 0 Å². The summed E-state index contributed by atoms with van der Waals surface area (Å²) in [4.78, 5) is 29.6. The molecule has 0 spiro atoms. The summed E-state index contributed by atoms with van der Waals surface area (Å²) >= 11 is 0. The Morgan fingerprint density at radius 1 is 1.08 bits per heavy atom. The van der Waals surface area contributed by atoms with E-state index in [2.05, 4.69) is 15.0 Å². The first-order chi connectivity index (χ1) is 11.7. The van der Waals surface area contributed by atoms with E-state index in [1.807, 2.05) is 59.3 Å². The number of hydrogen-bond acceptors (Lipinski definition) is 5. The molecule has 1 aliphatic rings. The SMILES string of the molecule is CN(c1ccc2nccnc2n1)[C@H]1CCN(c2ccccc2)C1=O. The summed E-state index contributed by atoms with van der Waals surface area (Å²) in [5, 5.41) is 0. The maximum Gasteiger partial charge on any atom is 0.249 e. The Morgan fingerprint density at radius 3 is 2.71 bits per heavy atom. The summed E-state index contributed by atoms with van der Waals surface area (Å²) < 4.78 is 0. The summed E-state index contributed by atoms with van der Waals surface area (Å²) in [6.45, 7) is 0.714. The number of amides is 1. The van der Waals surface area contributed by atoms with Gasteiger partial charge >= 0.3 is 0 Å². The molecule has 1 fully saturated rings. The van der Waals surface area contributed by atoms with Crippen molar-refractivity contribution < 1.29 is 4.79 Å². The maximum atomic E-state index is 12.8. The van der Waals surface area contributed by atoms with Gasteiger partial charge in [-0.15, -0.1) is 0 Å². The Morgan fingerprint density at radius 2 is 1.88 bits per heavy atom. The standard InChI is InChI=1S/C18H17N5O/c1-22(16-8-7-14-17(21-16)20-11-10-19-14)15-9-12-23(18(15)24)13-5-3-2-4-6-13/h2-8,10-11,15H,9,12H2,1H3/t15-/m0/s1. The number of anilines is 2. The Bertz CT molecular complexity index is 883. The molecule has 0 bridgehead atoms. The van der Waals surface area contributed by atoms with Crippen LogP contribution in [0.5, 0.6) is 0 Å². The van der Waals surface area contributed by atoms with E-state index in [9.17, 15) is 4.79 Å². The second-order valence-corrected chi connectivity index (χ2v) is 5.81. The zero-order valence-corrected chi connectivity index (χ0v) is 13.3. The van der Waals surface area contributed by atoms with Gasteiger partial charge in [0, 0.05) is 31.7 Å². The molecule has 120 valence electrons. The van der Waals surface area contributed by atoms with Crippen LogP contribution < -0.4 is 9.80 Å². The number of aromatic nitrogens is 3. The average molecular weight is 319 g/mol. The van der Waals surface area contributed by atoms with Crippen molar-refractivity contribution in [1.29, 1.82) is 0 Å². The molecule has 0 saturated carbocycles. The first-order valence-electron chi connectivity index (χ1n) is 7.91. The highest BCUT2D eigenvalue weighted by atomic mass is 16.2. The zero-order valence-electron chi connectivity index (χ0n) is 13.3. The van der Waals surface area contributed by atoms with Gasteiger partial charge in [0.1, 0.15) is 17.4 Å². The summed E-state index contributed by atoms with van der Waals surface area (Å²) in [5.41, 5.74) is 2.28. The molecule has 4 rings (SSSR count). The van der Waals surface area contributed by atoms with E-state index < -0.39 is 0 Å². The number of benzene rings is 1. The van der Waals surface area contributed by atoms with Crippen molar-refractivity contribution in [3.8, 4) is 0 Å². The minimum atomic E-state index is -0.216. The van der Waals surface area contributed by atoms with Crippen molar-refractivity contribution in [3.05, 3.63) is 54.9 Å². The van der Waals surface area contributed by atoms with Crippen LogP contribution in [0.1, 0.15) is 6.42 Å². The van der Waals surface area contributed by atoms with Crippen LogP contribution >= 0.6 is 0 Å². The Labute approximate surface area is 139 Å². The molecule has 2 aromatic heterocycles. The predicted octanol–water partition coefficient (Wildman–Crippen LogP) is 2.27. The molecule has 3 heterocycles. The number of carbonyl (C=O) groups excluding carboxylic acids is 1. The molecule has 6 heteroatoms. The largest absolute Gasteiger partial charge is 0.347 e. The van der Waals surface area contributed by atoms with E-state index >= 15 is 0 Å². The smallest absolute Gasteiger partial charge is 0.249 e. The molecule has 0 N–H and O–H groups in total. The van der Waals surface area contributed by atoms with Crippen LogP contribution in [0.4, 0.5) is 11.5 Å². The van der Waals surface area contributed by atoms with Gasteiger partial charge in [0.2, 0.25) is 5.91 Å². The lowest BCUT2D eigenvalue weighted by atomic mass is 10.2. The van der Waals surface area contributed by atoms with Crippen LogP contribution in [0.25, 0.3) is 11.2 Å². The second kappa shape index (κ2) is 5.88. The Kier molecular flexibility index (Phi) is 3.57. The highest BCUT2D eigenvalue weighted by Gasteiger charge is 2.35. The third-order valence-electron chi connectivity index (χ3n) is 4.39. The van der Waals surface area contributed by atoms with E-state index in [0.717, 1.165) is 23.4 Å². The Hall–Kier alpha value is -3.02. The van der Waals surface area contributed by atoms with Crippen LogP contribution in [0.15, 0.2) is 54.9 Å². The lowest BCUT2D eigenvalue weighted by Gasteiger charge is -2.25. The van der Waals surface area contributed by atoms with Gasteiger partial charge in [-0.3, -0.25) is 9.78 Å². The number of fused-ring (bicyclic) bond motifs is 1. The van der Waals surface area contributed by atoms with Crippen LogP contribution in [-0.4, -0.2) is 40.5 Å². The van der Waals surface area contributed by atoms with E-state index in [-0.39, 0.29) is 11.9 Å². The zero-order chi connectivity index (χ0) is 16.5. The number of rotatable bonds is 3. The molecule has 24 heavy (non-hydrogen) atoms. The van der Waals surface area contributed by atoms with Crippen molar-refractivity contribution in [3.63, 3.8) is 0 Å². The lowest BCUT2D eigenvalue weighted by molar-refractivity contribution is -0.118. The van der Waals surface area contributed by atoms with Crippen molar-refractivity contribution in [2.45, 2.75) is 12.5 Å². The average Bonchev–Trinajstić information content (AvgIpc) is 3.03. The van der Waals surface area contributed by atoms with Gasteiger partial charge in [0.25, 0.3) is 0 Å². The number of hydrogen-bond donors (Lipinski definition) is 0. The lowest BCUT2D eigenvalue weighted by Crippen LogP contribution is -2.40. The van der Waals surface area contributed by atoms with Gasteiger partial charge in [-0.2, -0.15) is 0 Å². The van der Waals surface area contributed by atoms with Crippen LogP contribution in [0.3, 0.4) is 0 Å². The molecule has 1 atom stereocenters. The highest BCUT2D eigenvalue weighted by molar-refractivity contribution is 6.01. The van der Waals surface area contributed by atoms with Gasteiger partial charge in [0.05, 0.1) is 0 Å². The molecular formula is C18H17N5O.